The highest BCUT2D eigenvalue weighted by atomic mass is 79.9. The van der Waals surface area contributed by atoms with E-state index in [4.69, 9.17) is 16.3 Å². The summed E-state index contributed by atoms with van der Waals surface area (Å²) in [7, 11) is 0. The first-order chi connectivity index (χ1) is 9.79. The van der Waals surface area contributed by atoms with Crippen LogP contribution in [0.1, 0.15) is 32.0 Å². The average Bonchev–Trinajstić information content (AvgIpc) is 2.40. The molecule has 1 heterocycles. The molecule has 0 aliphatic carbocycles. The molecule has 0 spiro atoms. The van der Waals surface area contributed by atoms with Gasteiger partial charge in [0.05, 0.1) is 10.2 Å². The molecule has 0 radical (unpaired) electrons. The van der Waals surface area contributed by atoms with Gasteiger partial charge in [0.1, 0.15) is 11.6 Å². The van der Waals surface area contributed by atoms with Crippen LogP contribution in [0.25, 0.3) is 0 Å². The molecule has 0 N–H and O–H groups in total. The van der Waals surface area contributed by atoms with E-state index in [-0.39, 0.29) is 11.2 Å². The molecule has 0 unspecified atom stereocenters. The molecule has 0 fully saturated rings. The van der Waals surface area contributed by atoms with Crippen molar-refractivity contribution >= 4 is 27.5 Å². The SMILES string of the molecule is CC(C)(C)c1cc(CCl)cc(Oc2ccc(F)cc2Br)n1. The van der Waals surface area contributed by atoms with Gasteiger partial charge < -0.3 is 4.74 Å². The Morgan fingerprint density at radius 1 is 1.24 bits per heavy atom. The van der Waals surface area contributed by atoms with Crippen LogP contribution in [0.15, 0.2) is 34.8 Å². The van der Waals surface area contributed by atoms with Gasteiger partial charge in [0.15, 0.2) is 0 Å². The van der Waals surface area contributed by atoms with E-state index in [1.54, 1.807) is 12.1 Å². The molecule has 112 valence electrons. The molecule has 1 aromatic heterocycles. The minimum absolute atomic E-state index is 0.111. The summed E-state index contributed by atoms with van der Waals surface area (Å²) in [5, 5.41) is 0. The minimum atomic E-state index is -0.327. The molecule has 0 saturated heterocycles. The van der Waals surface area contributed by atoms with Crippen molar-refractivity contribution in [2.24, 2.45) is 0 Å². The molecule has 0 saturated carbocycles. The highest BCUT2D eigenvalue weighted by Gasteiger charge is 2.18. The van der Waals surface area contributed by atoms with Gasteiger partial charge in [-0.3, -0.25) is 0 Å². The van der Waals surface area contributed by atoms with Crippen molar-refractivity contribution in [3.8, 4) is 11.6 Å². The van der Waals surface area contributed by atoms with Crippen LogP contribution in [-0.2, 0) is 11.3 Å². The Kier molecular flexibility index (Phi) is 4.89. The predicted molar refractivity (Wildman–Crippen MR) is 86.7 cm³/mol. The van der Waals surface area contributed by atoms with Crippen LogP contribution in [0.4, 0.5) is 4.39 Å². The second-order valence-electron chi connectivity index (χ2n) is 5.76. The molecule has 0 aliphatic heterocycles. The van der Waals surface area contributed by atoms with Crippen molar-refractivity contribution in [3.05, 3.63) is 51.9 Å². The number of hydrogen-bond acceptors (Lipinski definition) is 2. The average molecular weight is 373 g/mol. The number of nitrogens with zero attached hydrogens (tertiary/aromatic N) is 1. The van der Waals surface area contributed by atoms with Crippen LogP contribution >= 0.6 is 27.5 Å². The van der Waals surface area contributed by atoms with Crippen molar-refractivity contribution in [3.63, 3.8) is 0 Å². The lowest BCUT2D eigenvalue weighted by Crippen LogP contribution is -2.14. The molecule has 1 aromatic carbocycles. The molecule has 2 rings (SSSR count). The number of ether oxygens (including phenoxy) is 1. The van der Waals surface area contributed by atoms with Crippen LogP contribution in [0.5, 0.6) is 11.6 Å². The third-order valence-electron chi connectivity index (χ3n) is 2.89. The van der Waals surface area contributed by atoms with E-state index in [9.17, 15) is 4.39 Å². The van der Waals surface area contributed by atoms with Gasteiger partial charge in [0.25, 0.3) is 0 Å². The summed E-state index contributed by atoms with van der Waals surface area (Å²) in [6, 6.07) is 8.02. The van der Waals surface area contributed by atoms with Gasteiger partial charge in [0, 0.05) is 17.4 Å². The van der Waals surface area contributed by atoms with Crippen molar-refractivity contribution in [1.29, 1.82) is 0 Å². The van der Waals surface area contributed by atoms with Gasteiger partial charge in [-0.05, 0) is 45.8 Å². The third-order valence-corrected chi connectivity index (χ3v) is 3.82. The van der Waals surface area contributed by atoms with E-state index in [0.717, 1.165) is 11.3 Å². The highest BCUT2D eigenvalue weighted by Crippen LogP contribution is 2.31. The summed E-state index contributed by atoms with van der Waals surface area (Å²) in [6.45, 7) is 6.22. The molecular weight excluding hydrogens is 357 g/mol. The fourth-order valence-corrected chi connectivity index (χ4v) is 2.33. The van der Waals surface area contributed by atoms with E-state index in [1.807, 2.05) is 6.07 Å². The maximum atomic E-state index is 13.1. The van der Waals surface area contributed by atoms with E-state index >= 15 is 0 Å². The van der Waals surface area contributed by atoms with Gasteiger partial charge in [-0.1, -0.05) is 20.8 Å². The van der Waals surface area contributed by atoms with Crippen LogP contribution in [-0.4, -0.2) is 4.98 Å². The zero-order chi connectivity index (χ0) is 15.6. The van der Waals surface area contributed by atoms with Crippen molar-refractivity contribution < 1.29 is 9.13 Å². The van der Waals surface area contributed by atoms with E-state index in [1.165, 1.54) is 12.1 Å². The standard InChI is InChI=1S/C16H16BrClFNO/c1-16(2,3)14-6-10(9-18)7-15(20-14)21-13-5-4-11(19)8-12(13)17/h4-8H,9H2,1-3H3. The topological polar surface area (TPSA) is 22.1 Å². The first kappa shape index (κ1) is 16.2. The van der Waals surface area contributed by atoms with Gasteiger partial charge in [-0.25, -0.2) is 9.37 Å². The molecule has 5 heteroatoms. The highest BCUT2D eigenvalue weighted by molar-refractivity contribution is 9.10. The number of hydrogen-bond donors (Lipinski definition) is 0. The fourth-order valence-electron chi connectivity index (χ4n) is 1.74. The first-order valence-corrected chi connectivity index (χ1v) is 7.82. The molecule has 0 amide bonds. The third kappa shape index (κ3) is 4.17. The Labute approximate surface area is 137 Å². The second kappa shape index (κ2) is 6.32. The summed E-state index contributed by atoms with van der Waals surface area (Å²) in [4.78, 5) is 4.52. The normalized spacial score (nSPS) is 11.5. The van der Waals surface area contributed by atoms with Crippen molar-refractivity contribution in [2.45, 2.75) is 32.1 Å². The molecule has 2 nitrogen and oxygen atoms in total. The first-order valence-electron chi connectivity index (χ1n) is 6.50. The predicted octanol–water partition coefficient (Wildman–Crippen LogP) is 5.81. The van der Waals surface area contributed by atoms with E-state index < -0.39 is 0 Å². The molecule has 21 heavy (non-hydrogen) atoms. The van der Waals surface area contributed by atoms with Gasteiger partial charge >= 0.3 is 0 Å². The number of benzene rings is 1. The van der Waals surface area contributed by atoms with E-state index in [0.29, 0.717) is 22.0 Å². The maximum Gasteiger partial charge on any atom is 0.219 e. The van der Waals surface area contributed by atoms with Gasteiger partial charge in [-0.15, -0.1) is 11.6 Å². The summed E-state index contributed by atoms with van der Waals surface area (Å²) >= 11 is 9.21. The number of alkyl halides is 1. The second-order valence-corrected chi connectivity index (χ2v) is 6.88. The Bertz CT molecular complexity index is 655. The Hall–Kier alpha value is -1.13. The summed E-state index contributed by atoms with van der Waals surface area (Å²) in [6.07, 6.45) is 0. The lowest BCUT2D eigenvalue weighted by Gasteiger charge is -2.19. The molecule has 0 bridgehead atoms. The van der Waals surface area contributed by atoms with Crippen molar-refractivity contribution in [2.75, 3.05) is 0 Å². The minimum Gasteiger partial charge on any atom is -0.438 e. The Morgan fingerprint density at radius 3 is 2.52 bits per heavy atom. The van der Waals surface area contributed by atoms with Crippen LogP contribution < -0.4 is 4.74 Å². The zero-order valence-electron chi connectivity index (χ0n) is 12.1. The lowest BCUT2D eigenvalue weighted by molar-refractivity contribution is 0.447. The number of halogens is 3. The maximum absolute atomic E-state index is 13.1. The van der Waals surface area contributed by atoms with Crippen molar-refractivity contribution in [1.82, 2.24) is 4.98 Å². The van der Waals surface area contributed by atoms with Gasteiger partial charge in [0.2, 0.25) is 5.88 Å². The number of aromatic nitrogens is 1. The monoisotopic (exact) mass is 371 g/mol. The van der Waals surface area contributed by atoms with Gasteiger partial charge in [-0.2, -0.15) is 0 Å². The smallest absolute Gasteiger partial charge is 0.219 e. The largest absolute Gasteiger partial charge is 0.438 e. The summed E-state index contributed by atoms with van der Waals surface area (Å²) < 4.78 is 19.4. The Morgan fingerprint density at radius 2 is 1.95 bits per heavy atom. The summed E-state index contributed by atoms with van der Waals surface area (Å²) in [5.41, 5.74) is 1.72. The quantitative estimate of drug-likeness (QED) is 0.634. The zero-order valence-corrected chi connectivity index (χ0v) is 14.4. The number of pyridine rings is 1. The Balaban J connectivity index is 2.39. The summed E-state index contributed by atoms with van der Waals surface area (Å²) in [5.74, 6) is 1.01. The van der Waals surface area contributed by atoms with Crippen LogP contribution in [0.2, 0.25) is 0 Å². The molecule has 2 aromatic rings. The lowest BCUT2D eigenvalue weighted by atomic mass is 9.91. The molecular formula is C16H16BrClFNO. The van der Waals surface area contributed by atoms with Crippen LogP contribution in [0, 0.1) is 5.82 Å². The fraction of sp³-hybridized carbons (Fsp3) is 0.312. The van der Waals surface area contributed by atoms with E-state index in [2.05, 4.69) is 41.7 Å². The number of rotatable bonds is 3. The molecule has 0 atom stereocenters. The molecule has 0 aliphatic rings. The van der Waals surface area contributed by atoms with Crippen LogP contribution in [0.3, 0.4) is 0 Å².